The van der Waals surface area contributed by atoms with E-state index in [1.807, 2.05) is 53.2 Å². The van der Waals surface area contributed by atoms with Crippen LogP contribution in [0.25, 0.3) is 39.1 Å². The van der Waals surface area contributed by atoms with Crippen LogP contribution in [-0.4, -0.2) is 18.0 Å². The maximum Gasteiger partial charge on any atom is 0.238 e. The van der Waals surface area contributed by atoms with E-state index in [1.54, 1.807) is 12.1 Å². The van der Waals surface area contributed by atoms with Gasteiger partial charge in [0.1, 0.15) is 5.82 Å². The second-order valence-electron chi connectivity index (χ2n) is 7.43. The zero-order valence-electron chi connectivity index (χ0n) is 16.8. The van der Waals surface area contributed by atoms with Crippen LogP contribution in [-0.2, 0) is 10.0 Å². The van der Waals surface area contributed by atoms with Crippen molar-refractivity contribution >= 4 is 32.4 Å². The third-order valence-corrected chi connectivity index (χ3v) is 6.48. The van der Waals surface area contributed by atoms with Gasteiger partial charge in [0.2, 0.25) is 10.0 Å². The summed E-state index contributed by atoms with van der Waals surface area (Å²) in [6.07, 6.45) is 1.94. The normalized spacial score (nSPS) is 11.7. The predicted molar refractivity (Wildman–Crippen MR) is 128 cm³/mol. The second kappa shape index (κ2) is 7.91. The Kier molecular flexibility index (Phi) is 5.06. The van der Waals surface area contributed by atoms with Gasteiger partial charge in [-0.3, -0.25) is 4.57 Å². The highest BCUT2D eigenvalue weighted by molar-refractivity contribution is 7.89. The number of rotatable bonds is 4. The summed E-state index contributed by atoms with van der Waals surface area (Å²) < 4.78 is 25.2. The molecule has 4 aromatic carbocycles. The molecular weight excluding hydrogens is 442 g/mol. The van der Waals surface area contributed by atoms with E-state index in [9.17, 15) is 8.42 Å². The minimum atomic E-state index is -3.77. The van der Waals surface area contributed by atoms with Crippen LogP contribution in [0.3, 0.4) is 0 Å². The number of nitrogens with two attached hydrogens (primary N) is 1. The maximum atomic E-state index is 11.6. The van der Waals surface area contributed by atoms with Crippen LogP contribution >= 0.6 is 11.6 Å². The van der Waals surface area contributed by atoms with Crippen molar-refractivity contribution in [3.63, 3.8) is 0 Å². The van der Waals surface area contributed by atoms with Crippen molar-refractivity contribution < 1.29 is 8.42 Å². The van der Waals surface area contributed by atoms with Crippen LogP contribution in [0.1, 0.15) is 0 Å². The number of imidazole rings is 1. The Morgan fingerprint density at radius 2 is 1.44 bits per heavy atom. The Balaban J connectivity index is 1.67. The summed E-state index contributed by atoms with van der Waals surface area (Å²) >= 11 is 6.08. The zero-order valence-corrected chi connectivity index (χ0v) is 18.4. The van der Waals surface area contributed by atoms with Crippen molar-refractivity contribution in [2.45, 2.75) is 4.90 Å². The molecule has 0 fully saturated rings. The molecule has 0 aliphatic carbocycles. The number of hydrogen-bond donors (Lipinski definition) is 1. The van der Waals surface area contributed by atoms with Crippen LogP contribution in [0.2, 0.25) is 5.02 Å². The molecular formula is C25H18ClN3O2S. The first-order valence-corrected chi connectivity index (χ1v) is 11.8. The lowest BCUT2D eigenvalue weighted by Gasteiger charge is -2.08. The Labute approximate surface area is 190 Å². The molecule has 0 spiro atoms. The van der Waals surface area contributed by atoms with Crippen LogP contribution in [0.5, 0.6) is 0 Å². The minimum Gasteiger partial charge on any atom is -0.299 e. The van der Waals surface area contributed by atoms with Crippen molar-refractivity contribution in [1.82, 2.24) is 9.55 Å². The third kappa shape index (κ3) is 3.91. The Morgan fingerprint density at radius 1 is 0.781 bits per heavy atom. The molecule has 1 heterocycles. The van der Waals surface area contributed by atoms with E-state index in [1.165, 1.54) is 12.1 Å². The van der Waals surface area contributed by atoms with E-state index in [4.69, 9.17) is 21.7 Å². The van der Waals surface area contributed by atoms with Gasteiger partial charge in [0, 0.05) is 28.0 Å². The summed E-state index contributed by atoms with van der Waals surface area (Å²) in [7, 11) is -3.77. The first-order chi connectivity index (χ1) is 15.4. The first kappa shape index (κ1) is 20.5. The van der Waals surface area contributed by atoms with E-state index in [0.717, 1.165) is 33.3 Å². The quantitative estimate of drug-likeness (QED) is 0.376. The zero-order chi connectivity index (χ0) is 22.3. The van der Waals surface area contributed by atoms with Crippen LogP contribution in [0, 0.1) is 0 Å². The largest absolute Gasteiger partial charge is 0.299 e. The summed E-state index contributed by atoms with van der Waals surface area (Å²) in [4.78, 5) is 4.97. The van der Waals surface area contributed by atoms with Crippen molar-refractivity contribution in [3.8, 4) is 28.3 Å². The number of aromatic nitrogens is 2. The molecule has 0 unspecified atom stereocenters. The number of nitrogens with zero attached hydrogens (tertiary/aromatic N) is 2. The molecule has 0 aliphatic rings. The summed E-state index contributed by atoms with van der Waals surface area (Å²) in [6.45, 7) is 0. The molecule has 0 atom stereocenters. The average molecular weight is 460 g/mol. The van der Waals surface area contributed by atoms with Gasteiger partial charge in [0.05, 0.1) is 10.6 Å². The molecule has 0 aliphatic heterocycles. The molecule has 5 aromatic rings. The number of sulfonamides is 1. The monoisotopic (exact) mass is 459 g/mol. The smallest absolute Gasteiger partial charge is 0.238 e. The molecule has 0 saturated carbocycles. The first-order valence-electron chi connectivity index (χ1n) is 9.86. The summed E-state index contributed by atoms with van der Waals surface area (Å²) in [5, 5.41) is 8.17. The Bertz CT molecular complexity index is 1540. The predicted octanol–water partition coefficient (Wildman–Crippen LogP) is 5.66. The van der Waals surface area contributed by atoms with Gasteiger partial charge in [0.25, 0.3) is 0 Å². The molecule has 2 N–H and O–H groups in total. The van der Waals surface area contributed by atoms with Gasteiger partial charge in [-0.2, -0.15) is 0 Å². The molecule has 0 saturated heterocycles. The minimum absolute atomic E-state index is 0.0594. The van der Waals surface area contributed by atoms with Crippen molar-refractivity contribution in [2.24, 2.45) is 5.14 Å². The number of hydrogen-bond acceptors (Lipinski definition) is 3. The molecule has 7 heteroatoms. The van der Waals surface area contributed by atoms with Crippen LogP contribution < -0.4 is 5.14 Å². The van der Waals surface area contributed by atoms with Gasteiger partial charge in [-0.05, 0) is 65.4 Å². The fraction of sp³-hybridized carbons (Fsp3) is 0. The van der Waals surface area contributed by atoms with E-state index in [0.29, 0.717) is 10.8 Å². The van der Waals surface area contributed by atoms with E-state index < -0.39 is 10.0 Å². The third-order valence-electron chi connectivity index (χ3n) is 5.30. The van der Waals surface area contributed by atoms with Gasteiger partial charge in [-0.15, -0.1) is 0 Å². The highest BCUT2D eigenvalue weighted by atomic mass is 35.5. The van der Waals surface area contributed by atoms with Gasteiger partial charge < -0.3 is 0 Å². The van der Waals surface area contributed by atoms with Crippen LogP contribution in [0.15, 0.2) is 102 Å². The van der Waals surface area contributed by atoms with Gasteiger partial charge in [-0.1, -0.05) is 48.0 Å². The number of benzene rings is 4. The van der Waals surface area contributed by atoms with Crippen LogP contribution in [0.4, 0.5) is 0 Å². The lowest BCUT2D eigenvalue weighted by Crippen LogP contribution is -2.12. The molecule has 0 radical (unpaired) electrons. The molecule has 32 heavy (non-hydrogen) atoms. The fourth-order valence-corrected chi connectivity index (χ4v) is 4.31. The lowest BCUT2D eigenvalue weighted by molar-refractivity contribution is 0.598. The molecule has 1 aromatic heterocycles. The number of fused-ring (bicyclic) bond motifs is 1. The molecule has 5 rings (SSSR count). The number of halogens is 1. The highest BCUT2D eigenvalue weighted by Crippen LogP contribution is 2.30. The standard InChI is InChI=1S/C25H18ClN3O2S/c26-21-9-7-18(8-10-21)25-28-24(20-6-5-17-3-1-2-4-19(17)15-20)16-29(25)22-11-13-23(14-12-22)32(27,30)31/h1-16H,(H2,27,30,31). The van der Waals surface area contributed by atoms with E-state index in [-0.39, 0.29) is 4.90 Å². The van der Waals surface area contributed by atoms with Gasteiger partial charge in [-0.25, -0.2) is 18.5 Å². The average Bonchev–Trinajstić information content (AvgIpc) is 3.24. The molecule has 5 nitrogen and oxygen atoms in total. The van der Waals surface area contributed by atoms with Crippen molar-refractivity contribution in [3.05, 3.63) is 102 Å². The number of primary sulfonamides is 1. The fourth-order valence-electron chi connectivity index (χ4n) is 3.66. The van der Waals surface area contributed by atoms with Crippen molar-refractivity contribution in [1.29, 1.82) is 0 Å². The summed E-state index contributed by atoms with van der Waals surface area (Å²) in [5.41, 5.74) is 3.44. The highest BCUT2D eigenvalue weighted by Gasteiger charge is 2.15. The van der Waals surface area contributed by atoms with Gasteiger partial charge in [0.15, 0.2) is 0 Å². The topological polar surface area (TPSA) is 78.0 Å². The van der Waals surface area contributed by atoms with Crippen molar-refractivity contribution in [2.75, 3.05) is 0 Å². The molecule has 0 bridgehead atoms. The van der Waals surface area contributed by atoms with E-state index >= 15 is 0 Å². The Hall–Kier alpha value is -3.45. The summed E-state index contributed by atoms with van der Waals surface area (Å²) in [6, 6.07) is 28.3. The maximum absolute atomic E-state index is 11.6. The molecule has 0 amide bonds. The van der Waals surface area contributed by atoms with Gasteiger partial charge >= 0.3 is 0 Å². The lowest BCUT2D eigenvalue weighted by atomic mass is 10.1. The summed E-state index contributed by atoms with van der Waals surface area (Å²) in [5.74, 6) is 0.716. The van der Waals surface area contributed by atoms with E-state index in [2.05, 4.69) is 24.3 Å². The second-order valence-corrected chi connectivity index (χ2v) is 9.43. The molecule has 158 valence electrons. The Morgan fingerprint density at radius 3 is 2.12 bits per heavy atom. The SMILES string of the molecule is NS(=O)(=O)c1ccc(-n2cc(-c3ccc4ccccc4c3)nc2-c2ccc(Cl)cc2)cc1.